The maximum Gasteiger partial charge on any atom is 0.329 e. The molecule has 1 aromatic carbocycles. The zero-order valence-electron chi connectivity index (χ0n) is 12.3. The number of nitrogens with one attached hydrogen (secondary N) is 1. The van der Waals surface area contributed by atoms with Crippen LogP contribution in [0, 0.1) is 0 Å². The number of rotatable bonds is 7. The number of carbonyl (C=O) groups excluding carboxylic acids is 1. The van der Waals surface area contributed by atoms with Gasteiger partial charge in [-0.05, 0) is 37.5 Å². The van der Waals surface area contributed by atoms with E-state index in [0.717, 1.165) is 5.56 Å². The van der Waals surface area contributed by atoms with E-state index in [2.05, 4.69) is 5.32 Å². The van der Waals surface area contributed by atoms with Crippen molar-refractivity contribution in [1.29, 1.82) is 0 Å². The van der Waals surface area contributed by atoms with E-state index in [1.54, 1.807) is 12.1 Å². The van der Waals surface area contributed by atoms with Crippen molar-refractivity contribution >= 4 is 11.9 Å². The van der Waals surface area contributed by atoms with E-state index in [-0.39, 0.29) is 12.2 Å². The van der Waals surface area contributed by atoms with Gasteiger partial charge in [0.2, 0.25) is 5.91 Å². The highest BCUT2D eigenvalue weighted by molar-refractivity contribution is 5.89. The van der Waals surface area contributed by atoms with E-state index < -0.39 is 23.5 Å². The van der Waals surface area contributed by atoms with Crippen molar-refractivity contribution in [3.8, 4) is 5.75 Å². The first-order valence-electron chi connectivity index (χ1n) is 6.87. The number of aliphatic carboxylic acids is 1. The van der Waals surface area contributed by atoms with E-state index in [4.69, 9.17) is 5.73 Å². The molecule has 0 radical (unpaired) electrons. The molecule has 1 rings (SSSR count). The van der Waals surface area contributed by atoms with Gasteiger partial charge in [0.1, 0.15) is 11.3 Å². The summed E-state index contributed by atoms with van der Waals surface area (Å²) in [5.74, 6) is -1.44. The third kappa shape index (κ3) is 4.75. The highest BCUT2D eigenvalue weighted by atomic mass is 16.4. The van der Waals surface area contributed by atoms with Gasteiger partial charge in [0.25, 0.3) is 0 Å². The molecule has 5 N–H and O–H groups in total. The molecule has 1 amide bonds. The highest BCUT2D eigenvalue weighted by Crippen LogP contribution is 2.14. The predicted molar refractivity (Wildman–Crippen MR) is 78.9 cm³/mol. The Morgan fingerprint density at radius 3 is 2.38 bits per heavy atom. The van der Waals surface area contributed by atoms with Gasteiger partial charge in [-0.1, -0.05) is 25.5 Å². The number of carboxylic acid groups (broad SMARTS) is 1. The summed E-state index contributed by atoms with van der Waals surface area (Å²) in [5, 5.41) is 20.9. The molecular weight excluding hydrogens is 272 g/mol. The molecule has 0 saturated carbocycles. The molecule has 0 aromatic heterocycles. The molecule has 0 fully saturated rings. The Bertz CT molecular complexity index is 501. The van der Waals surface area contributed by atoms with Crippen LogP contribution in [0.25, 0.3) is 0 Å². The fraction of sp³-hybridized carbons (Fsp3) is 0.467. The standard InChI is InChI=1S/C15H22N2O4/c1-3-8-15(2,14(20)21)17-13(19)12(16)9-10-4-6-11(18)7-5-10/h4-7,12,18H,3,8-9,16H2,1-2H3,(H,17,19)(H,20,21)/t12-,15?/m0/s1. The number of carboxylic acids is 1. The van der Waals surface area contributed by atoms with Gasteiger partial charge in [-0.2, -0.15) is 0 Å². The van der Waals surface area contributed by atoms with Crippen LogP contribution in [-0.4, -0.2) is 33.7 Å². The second-order valence-electron chi connectivity index (χ2n) is 5.35. The first-order valence-corrected chi connectivity index (χ1v) is 6.87. The van der Waals surface area contributed by atoms with Crippen molar-refractivity contribution in [3.63, 3.8) is 0 Å². The number of amides is 1. The van der Waals surface area contributed by atoms with Crippen molar-refractivity contribution in [3.05, 3.63) is 29.8 Å². The number of carbonyl (C=O) groups is 2. The first-order chi connectivity index (χ1) is 9.78. The van der Waals surface area contributed by atoms with Gasteiger partial charge in [0.15, 0.2) is 0 Å². The van der Waals surface area contributed by atoms with Gasteiger partial charge in [0.05, 0.1) is 6.04 Å². The number of phenolic OH excluding ortho intramolecular Hbond substituents is 1. The third-order valence-corrected chi connectivity index (χ3v) is 3.35. The van der Waals surface area contributed by atoms with Crippen molar-refractivity contribution in [2.75, 3.05) is 0 Å². The molecule has 0 saturated heterocycles. The summed E-state index contributed by atoms with van der Waals surface area (Å²) in [7, 11) is 0. The lowest BCUT2D eigenvalue weighted by atomic mass is 9.95. The van der Waals surface area contributed by atoms with Crippen LogP contribution in [0.3, 0.4) is 0 Å². The SMILES string of the molecule is CCCC(C)(NC(=O)[C@@H](N)Cc1ccc(O)cc1)C(=O)O. The summed E-state index contributed by atoms with van der Waals surface area (Å²) in [6, 6.07) is 5.53. The minimum Gasteiger partial charge on any atom is -0.508 e. The van der Waals surface area contributed by atoms with E-state index in [1.807, 2.05) is 6.92 Å². The monoisotopic (exact) mass is 294 g/mol. The van der Waals surface area contributed by atoms with Crippen molar-refractivity contribution < 1.29 is 19.8 Å². The lowest BCUT2D eigenvalue weighted by molar-refractivity contribution is -0.147. The summed E-state index contributed by atoms with van der Waals surface area (Å²) < 4.78 is 0. The van der Waals surface area contributed by atoms with E-state index >= 15 is 0 Å². The molecule has 1 unspecified atom stereocenters. The van der Waals surface area contributed by atoms with Crippen LogP contribution in [0.15, 0.2) is 24.3 Å². The van der Waals surface area contributed by atoms with E-state index in [0.29, 0.717) is 12.8 Å². The highest BCUT2D eigenvalue weighted by Gasteiger charge is 2.35. The largest absolute Gasteiger partial charge is 0.508 e. The zero-order valence-corrected chi connectivity index (χ0v) is 12.3. The Balaban J connectivity index is 2.69. The lowest BCUT2D eigenvalue weighted by Gasteiger charge is -2.27. The second kappa shape index (κ2) is 7.08. The topological polar surface area (TPSA) is 113 Å². The van der Waals surface area contributed by atoms with E-state index in [1.165, 1.54) is 19.1 Å². The van der Waals surface area contributed by atoms with Gasteiger partial charge in [-0.3, -0.25) is 4.79 Å². The van der Waals surface area contributed by atoms with Gasteiger partial charge in [-0.15, -0.1) is 0 Å². The minimum absolute atomic E-state index is 0.137. The number of nitrogens with two attached hydrogens (primary N) is 1. The molecule has 0 aliphatic heterocycles. The Kier molecular flexibility index (Phi) is 5.72. The van der Waals surface area contributed by atoms with Crippen LogP contribution in [0.1, 0.15) is 32.3 Å². The van der Waals surface area contributed by atoms with Crippen molar-refractivity contribution in [2.24, 2.45) is 5.73 Å². The summed E-state index contributed by atoms with van der Waals surface area (Å²) in [5.41, 5.74) is 5.31. The minimum atomic E-state index is -1.31. The molecule has 1 aromatic rings. The molecule has 0 heterocycles. The molecule has 0 aliphatic rings. The van der Waals surface area contributed by atoms with Crippen LogP contribution in [-0.2, 0) is 16.0 Å². The fourth-order valence-electron chi connectivity index (χ4n) is 2.07. The van der Waals surface area contributed by atoms with Gasteiger partial charge < -0.3 is 21.3 Å². The molecule has 116 valence electrons. The fourth-order valence-corrected chi connectivity index (χ4v) is 2.07. The Morgan fingerprint density at radius 2 is 1.90 bits per heavy atom. The predicted octanol–water partition coefficient (Wildman–Crippen LogP) is 1.02. The summed E-state index contributed by atoms with van der Waals surface area (Å²) in [4.78, 5) is 23.3. The third-order valence-electron chi connectivity index (χ3n) is 3.35. The molecule has 6 heteroatoms. The quantitative estimate of drug-likeness (QED) is 0.600. The van der Waals surface area contributed by atoms with Crippen LogP contribution in [0.5, 0.6) is 5.75 Å². The average molecular weight is 294 g/mol. The smallest absolute Gasteiger partial charge is 0.329 e. The molecule has 0 bridgehead atoms. The number of phenols is 1. The molecule has 2 atom stereocenters. The lowest BCUT2D eigenvalue weighted by Crippen LogP contribution is -2.56. The molecular formula is C15H22N2O4. The number of hydrogen-bond acceptors (Lipinski definition) is 4. The average Bonchev–Trinajstić information content (AvgIpc) is 2.41. The summed E-state index contributed by atoms with van der Waals surface area (Å²) >= 11 is 0. The molecule has 6 nitrogen and oxygen atoms in total. The van der Waals surface area contributed by atoms with Gasteiger partial charge >= 0.3 is 5.97 Å². The Labute approximate surface area is 124 Å². The first kappa shape index (κ1) is 17.0. The maximum absolute atomic E-state index is 12.1. The second-order valence-corrected chi connectivity index (χ2v) is 5.35. The summed E-state index contributed by atoms with van der Waals surface area (Å²) in [6.45, 7) is 3.33. The van der Waals surface area contributed by atoms with Crippen LogP contribution >= 0.6 is 0 Å². The number of hydrogen-bond donors (Lipinski definition) is 4. The molecule has 21 heavy (non-hydrogen) atoms. The number of benzene rings is 1. The normalized spacial score (nSPS) is 15.0. The van der Waals surface area contributed by atoms with Crippen molar-refractivity contribution in [2.45, 2.75) is 44.7 Å². The molecule has 0 spiro atoms. The van der Waals surface area contributed by atoms with Crippen molar-refractivity contribution in [1.82, 2.24) is 5.32 Å². The Hall–Kier alpha value is -2.08. The van der Waals surface area contributed by atoms with Crippen LogP contribution < -0.4 is 11.1 Å². The number of aromatic hydroxyl groups is 1. The van der Waals surface area contributed by atoms with Crippen LogP contribution in [0.4, 0.5) is 0 Å². The maximum atomic E-state index is 12.1. The van der Waals surface area contributed by atoms with Gasteiger partial charge in [-0.25, -0.2) is 4.79 Å². The van der Waals surface area contributed by atoms with E-state index in [9.17, 15) is 19.8 Å². The van der Waals surface area contributed by atoms with Gasteiger partial charge in [0, 0.05) is 0 Å². The zero-order chi connectivity index (χ0) is 16.0. The summed E-state index contributed by atoms with van der Waals surface area (Å²) in [6.07, 6.45) is 1.24. The van der Waals surface area contributed by atoms with Crippen LogP contribution in [0.2, 0.25) is 0 Å². The Morgan fingerprint density at radius 1 is 1.33 bits per heavy atom. The molecule has 0 aliphatic carbocycles.